The van der Waals surface area contributed by atoms with Crippen LogP contribution in [0.5, 0.6) is 0 Å². The zero-order valence-electron chi connectivity index (χ0n) is 29.8. The van der Waals surface area contributed by atoms with Gasteiger partial charge in [0.1, 0.15) is 0 Å². The van der Waals surface area contributed by atoms with Crippen LogP contribution in [0.25, 0.3) is 108 Å². The second-order valence-electron chi connectivity index (χ2n) is 14.5. The smallest absolute Gasteiger partial charge is 0.0726 e. The number of benzene rings is 9. The van der Waals surface area contributed by atoms with Gasteiger partial charge in [-0.05, 0) is 82.2 Å². The van der Waals surface area contributed by atoms with E-state index >= 15 is 0 Å². The second-order valence-corrected chi connectivity index (χ2v) is 15.5. The van der Waals surface area contributed by atoms with Crippen molar-refractivity contribution in [3.05, 3.63) is 194 Å². The van der Waals surface area contributed by atoms with Crippen LogP contribution < -0.4 is 0 Å². The first kappa shape index (κ1) is 30.5. The predicted octanol–water partition coefficient (Wildman–Crippen LogP) is 14.7. The molecule has 0 aliphatic rings. The van der Waals surface area contributed by atoms with E-state index in [2.05, 4.69) is 203 Å². The first-order valence-electron chi connectivity index (χ1n) is 18.9. The first-order chi connectivity index (χ1) is 27.3. The summed E-state index contributed by atoms with van der Waals surface area (Å²) in [6.45, 7) is 0. The topological polar surface area (TPSA) is 9.86 Å². The molecular formula is C52H32N2S. The van der Waals surface area contributed by atoms with Gasteiger partial charge in [-0.15, -0.1) is 11.3 Å². The van der Waals surface area contributed by atoms with Gasteiger partial charge in [-0.2, -0.15) is 0 Å². The lowest BCUT2D eigenvalue weighted by Gasteiger charge is -2.13. The molecule has 55 heavy (non-hydrogen) atoms. The molecule has 3 heteroatoms. The van der Waals surface area contributed by atoms with E-state index in [4.69, 9.17) is 0 Å². The van der Waals surface area contributed by atoms with Crippen LogP contribution in [-0.4, -0.2) is 9.13 Å². The fourth-order valence-corrected chi connectivity index (χ4v) is 10.3. The maximum absolute atomic E-state index is 2.54. The Bertz CT molecular complexity index is 3470. The van der Waals surface area contributed by atoms with Gasteiger partial charge in [0.15, 0.2) is 0 Å². The van der Waals surface area contributed by atoms with E-state index in [1.807, 2.05) is 11.3 Å². The summed E-state index contributed by atoms with van der Waals surface area (Å²) in [5.74, 6) is 0. The molecule has 0 aliphatic heterocycles. The molecule has 0 unspecified atom stereocenters. The first-order valence-corrected chi connectivity index (χ1v) is 19.7. The van der Waals surface area contributed by atoms with Crippen molar-refractivity contribution in [1.82, 2.24) is 9.13 Å². The number of fused-ring (bicyclic) bond motifs is 11. The van der Waals surface area contributed by atoms with Crippen molar-refractivity contribution < 1.29 is 0 Å². The van der Waals surface area contributed by atoms with Gasteiger partial charge in [-0.25, -0.2) is 0 Å². The van der Waals surface area contributed by atoms with E-state index < -0.39 is 0 Å². The molecule has 0 saturated carbocycles. The third-order valence-corrected chi connectivity index (χ3v) is 12.7. The van der Waals surface area contributed by atoms with E-state index in [0.29, 0.717) is 0 Å². The Balaban J connectivity index is 1.16. The minimum Gasteiger partial charge on any atom is -0.309 e. The predicted molar refractivity (Wildman–Crippen MR) is 236 cm³/mol. The molecule has 0 fully saturated rings. The summed E-state index contributed by atoms with van der Waals surface area (Å²) in [6, 6.07) is 71.3. The third kappa shape index (κ3) is 4.48. The Morgan fingerprint density at radius 1 is 0.364 bits per heavy atom. The van der Waals surface area contributed by atoms with Crippen molar-refractivity contribution in [2.24, 2.45) is 0 Å². The Morgan fingerprint density at radius 2 is 0.982 bits per heavy atom. The summed E-state index contributed by atoms with van der Waals surface area (Å²) in [5, 5.41) is 10.2. The molecule has 9 aromatic carbocycles. The molecule has 3 aromatic heterocycles. The minimum atomic E-state index is 1.16. The van der Waals surface area contributed by atoms with Crippen LogP contribution >= 0.6 is 11.3 Å². The van der Waals surface area contributed by atoms with Crippen molar-refractivity contribution in [1.29, 1.82) is 0 Å². The highest BCUT2D eigenvalue weighted by atomic mass is 32.1. The van der Waals surface area contributed by atoms with E-state index in [9.17, 15) is 0 Å². The number of hydrogen-bond acceptors (Lipinski definition) is 1. The molecule has 12 aromatic rings. The average molecular weight is 717 g/mol. The van der Waals surface area contributed by atoms with E-state index in [-0.39, 0.29) is 0 Å². The van der Waals surface area contributed by atoms with Crippen LogP contribution in [0.4, 0.5) is 0 Å². The highest BCUT2D eigenvalue weighted by Gasteiger charge is 2.23. The summed E-state index contributed by atoms with van der Waals surface area (Å²) in [6.07, 6.45) is 0. The number of rotatable bonds is 4. The Labute approximate surface area is 321 Å². The summed E-state index contributed by atoms with van der Waals surface area (Å²) < 4.78 is 7.58. The quantitative estimate of drug-likeness (QED) is 0.172. The number of para-hydroxylation sites is 2. The molecule has 0 amide bonds. The fraction of sp³-hybridized carbons (Fsp3) is 0. The van der Waals surface area contributed by atoms with Crippen LogP contribution in [0.15, 0.2) is 194 Å². The molecule has 0 radical (unpaired) electrons. The van der Waals surface area contributed by atoms with Crippen molar-refractivity contribution in [3.8, 4) is 33.6 Å². The van der Waals surface area contributed by atoms with Gasteiger partial charge in [0.05, 0.1) is 32.5 Å². The van der Waals surface area contributed by atoms with Gasteiger partial charge in [0.2, 0.25) is 0 Å². The molecule has 2 nitrogen and oxygen atoms in total. The molecule has 3 heterocycles. The standard InChI is InChI=1S/C52H32N2S/c1-2-13-33(14-3-1)34-25-28-37(29-26-34)53-46-21-9-6-18-39(46)43-31-36(27-30-48(43)53)42-32-44-40-19-8-11-24-49(40)55-52(44)51-50(42)41-20-7-10-22-47(41)54(51)45-23-12-16-35-15-4-5-17-38(35)45/h1-32H. The van der Waals surface area contributed by atoms with Gasteiger partial charge in [-0.3, -0.25) is 0 Å². The van der Waals surface area contributed by atoms with Crippen LogP contribution in [0.3, 0.4) is 0 Å². The number of hydrogen-bond donors (Lipinski definition) is 0. The van der Waals surface area contributed by atoms with Crippen LogP contribution in [0.1, 0.15) is 0 Å². The maximum Gasteiger partial charge on any atom is 0.0726 e. The maximum atomic E-state index is 2.54. The summed E-state index contributed by atoms with van der Waals surface area (Å²) in [5.41, 5.74) is 12.2. The van der Waals surface area contributed by atoms with E-state index in [1.165, 1.54) is 102 Å². The summed E-state index contributed by atoms with van der Waals surface area (Å²) in [7, 11) is 0. The van der Waals surface area contributed by atoms with Crippen molar-refractivity contribution in [3.63, 3.8) is 0 Å². The third-order valence-electron chi connectivity index (χ3n) is 11.5. The van der Waals surface area contributed by atoms with Crippen LogP contribution in [-0.2, 0) is 0 Å². The van der Waals surface area contributed by atoms with Gasteiger partial charge >= 0.3 is 0 Å². The molecule has 12 rings (SSSR count). The Hall–Kier alpha value is -6.94. The highest BCUT2D eigenvalue weighted by molar-refractivity contribution is 7.26. The van der Waals surface area contributed by atoms with E-state index in [0.717, 1.165) is 5.69 Å². The molecule has 0 saturated heterocycles. The second kappa shape index (κ2) is 11.8. The molecule has 0 spiro atoms. The fourth-order valence-electron chi connectivity index (χ4n) is 9.06. The number of thiophene rings is 1. The van der Waals surface area contributed by atoms with Crippen LogP contribution in [0, 0.1) is 0 Å². The SMILES string of the molecule is c1ccc(-c2ccc(-n3c4ccccc4c4cc(-c5cc6c7ccccc7sc6c6c5c5ccccc5n6-c5cccc6ccccc56)ccc43)cc2)cc1. The summed E-state index contributed by atoms with van der Waals surface area (Å²) in [4.78, 5) is 0. The van der Waals surface area contributed by atoms with Crippen molar-refractivity contribution in [2.45, 2.75) is 0 Å². The summed E-state index contributed by atoms with van der Waals surface area (Å²) >= 11 is 1.91. The van der Waals surface area contributed by atoms with Gasteiger partial charge in [-0.1, -0.05) is 140 Å². The van der Waals surface area contributed by atoms with Gasteiger partial charge in [0.25, 0.3) is 0 Å². The molecule has 256 valence electrons. The zero-order chi connectivity index (χ0) is 36.0. The van der Waals surface area contributed by atoms with Gasteiger partial charge < -0.3 is 9.13 Å². The normalized spacial score (nSPS) is 12.0. The zero-order valence-corrected chi connectivity index (χ0v) is 30.6. The molecule has 0 atom stereocenters. The van der Waals surface area contributed by atoms with E-state index in [1.54, 1.807) is 0 Å². The molecular weight excluding hydrogens is 685 g/mol. The van der Waals surface area contributed by atoms with Crippen molar-refractivity contribution in [2.75, 3.05) is 0 Å². The highest BCUT2D eigenvalue weighted by Crippen LogP contribution is 2.48. The monoisotopic (exact) mass is 716 g/mol. The lowest BCUT2D eigenvalue weighted by molar-refractivity contribution is 1.18. The largest absolute Gasteiger partial charge is 0.309 e. The van der Waals surface area contributed by atoms with Gasteiger partial charge in [0, 0.05) is 48.1 Å². The Kier molecular flexibility index (Phi) is 6.54. The molecule has 0 aliphatic carbocycles. The van der Waals surface area contributed by atoms with Crippen molar-refractivity contribution >= 4 is 85.9 Å². The Morgan fingerprint density at radius 3 is 1.82 bits per heavy atom. The molecule has 0 bridgehead atoms. The average Bonchev–Trinajstić information content (AvgIpc) is 3.91. The van der Waals surface area contributed by atoms with Crippen LogP contribution in [0.2, 0.25) is 0 Å². The molecule has 0 N–H and O–H groups in total. The minimum absolute atomic E-state index is 1.16. The number of nitrogens with zero attached hydrogens (tertiary/aromatic N) is 2. The lowest BCUT2D eigenvalue weighted by atomic mass is 9.95. The number of aromatic nitrogens is 2. The lowest BCUT2D eigenvalue weighted by Crippen LogP contribution is -1.95.